The van der Waals surface area contributed by atoms with Gasteiger partial charge >= 0.3 is 0 Å². The van der Waals surface area contributed by atoms with Crippen LogP contribution in [0.4, 0.5) is 0 Å². The highest BCUT2D eigenvalue weighted by Crippen LogP contribution is 2.43. The number of allylic oxidation sites excluding steroid dienone is 1. The molecule has 0 amide bonds. The number of nitrogens with zero attached hydrogens (tertiary/aromatic N) is 1. The average molecular weight is 450 g/mol. The second-order valence-electron chi connectivity index (χ2n) is 10.6. The molecule has 1 fully saturated rings. The fourth-order valence-electron chi connectivity index (χ4n) is 5.49. The Bertz CT molecular complexity index is 1010. The number of piperidine rings is 1. The molecule has 4 rings (SSSR count). The maximum atomic E-state index is 11.8. The highest BCUT2D eigenvalue weighted by atomic mass is 35.5. The molecular formula is C29H36ClNO. The van der Waals surface area contributed by atoms with E-state index in [0.29, 0.717) is 11.3 Å². The molecule has 1 heterocycles. The van der Waals surface area contributed by atoms with E-state index >= 15 is 0 Å². The fourth-order valence-corrected chi connectivity index (χ4v) is 5.62. The fraction of sp³-hybridized carbons (Fsp3) is 0.483. The summed E-state index contributed by atoms with van der Waals surface area (Å²) in [6.45, 7) is 11.9. The van der Waals surface area contributed by atoms with Crippen LogP contribution in [0.15, 0.2) is 48.0 Å². The maximum Gasteiger partial charge on any atom is 0.160 e. The van der Waals surface area contributed by atoms with E-state index in [1.165, 1.54) is 42.4 Å². The Morgan fingerprint density at radius 1 is 1.09 bits per heavy atom. The Labute approximate surface area is 198 Å². The largest absolute Gasteiger partial charge is 0.299 e. The summed E-state index contributed by atoms with van der Waals surface area (Å²) in [5.74, 6) is 0.755. The molecule has 0 atom stereocenters. The molecule has 170 valence electrons. The lowest BCUT2D eigenvalue weighted by Crippen LogP contribution is -2.35. The molecule has 2 nitrogen and oxygen atoms in total. The third-order valence-corrected chi connectivity index (χ3v) is 7.73. The summed E-state index contributed by atoms with van der Waals surface area (Å²) in [7, 11) is 0. The number of Topliss-reactive ketones (excluding diaryl/α,β-unsaturated/α-hetero) is 1. The van der Waals surface area contributed by atoms with Gasteiger partial charge in [-0.2, -0.15) is 0 Å². The van der Waals surface area contributed by atoms with Crippen LogP contribution in [-0.2, 0) is 0 Å². The van der Waals surface area contributed by atoms with E-state index in [1.807, 2.05) is 18.2 Å². The first-order valence-corrected chi connectivity index (χ1v) is 12.4. The second kappa shape index (κ2) is 9.53. The maximum absolute atomic E-state index is 11.8. The van der Waals surface area contributed by atoms with Gasteiger partial charge in [0.2, 0.25) is 0 Å². The van der Waals surface area contributed by atoms with Gasteiger partial charge < -0.3 is 0 Å². The van der Waals surface area contributed by atoms with Crippen molar-refractivity contribution >= 4 is 23.0 Å². The van der Waals surface area contributed by atoms with Crippen LogP contribution in [0.1, 0.15) is 85.8 Å². The molecule has 3 heteroatoms. The number of carbonyl (C=O) groups is 1. The van der Waals surface area contributed by atoms with E-state index in [9.17, 15) is 4.79 Å². The smallest absolute Gasteiger partial charge is 0.160 e. The summed E-state index contributed by atoms with van der Waals surface area (Å²) >= 11 is 6.16. The molecule has 1 aliphatic carbocycles. The second-order valence-corrected chi connectivity index (χ2v) is 11.0. The third-order valence-electron chi connectivity index (χ3n) is 7.48. The van der Waals surface area contributed by atoms with Gasteiger partial charge in [-0.1, -0.05) is 61.4 Å². The molecule has 0 aromatic heterocycles. The van der Waals surface area contributed by atoms with Crippen molar-refractivity contribution in [2.75, 3.05) is 19.6 Å². The van der Waals surface area contributed by atoms with Gasteiger partial charge in [0, 0.05) is 17.1 Å². The quantitative estimate of drug-likeness (QED) is 0.436. The summed E-state index contributed by atoms with van der Waals surface area (Å²) in [5.41, 5.74) is 8.21. The molecule has 2 aliphatic rings. The molecule has 0 radical (unpaired) electrons. The van der Waals surface area contributed by atoms with Crippen LogP contribution in [0, 0.1) is 12.3 Å². The molecular weight excluding hydrogens is 414 g/mol. The number of hydrogen-bond donors (Lipinski definition) is 0. The van der Waals surface area contributed by atoms with Crippen LogP contribution in [-0.4, -0.2) is 30.3 Å². The Hall–Kier alpha value is -1.90. The molecule has 0 unspecified atom stereocenters. The monoisotopic (exact) mass is 449 g/mol. The minimum atomic E-state index is 0.157. The van der Waals surface area contributed by atoms with Gasteiger partial charge in [0.1, 0.15) is 0 Å². The number of likely N-dealkylation sites (tertiary alicyclic amines) is 1. The predicted molar refractivity (Wildman–Crippen MR) is 136 cm³/mol. The summed E-state index contributed by atoms with van der Waals surface area (Å²) in [6, 6.07) is 14.9. The van der Waals surface area contributed by atoms with Gasteiger partial charge in [-0.3, -0.25) is 9.69 Å². The summed E-state index contributed by atoms with van der Waals surface area (Å²) < 4.78 is 0. The van der Waals surface area contributed by atoms with Crippen molar-refractivity contribution < 1.29 is 4.79 Å². The van der Waals surface area contributed by atoms with E-state index in [0.717, 1.165) is 42.2 Å². The lowest BCUT2D eigenvalue weighted by Gasteiger charge is -2.38. The average Bonchev–Trinajstić information content (AvgIpc) is 2.75. The first-order chi connectivity index (χ1) is 15.2. The molecule has 2 aromatic carbocycles. The van der Waals surface area contributed by atoms with Crippen LogP contribution in [0.2, 0.25) is 5.02 Å². The minimum Gasteiger partial charge on any atom is -0.299 e. The zero-order valence-electron chi connectivity index (χ0n) is 20.0. The number of hydrogen-bond acceptors (Lipinski definition) is 2. The molecule has 1 saturated heterocycles. The summed E-state index contributed by atoms with van der Waals surface area (Å²) in [4.78, 5) is 14.4. The lowest BCUT2D eigenvalue weighted by atomic mass is 9.72. The van der Waals surface area contributed by atoms with E-state index in [1.54, 1.807) is 12.5 Å². The molecule has 0 N–H and O–H groups in total. The van der Waals surface area contributed by atoms with Crippen molar-refractivity contribution in [3.05, 3.63) is 75.3 Å². The van der Waals surface area contributed by atoms with E-state index in [-0.39, 0.29) is 5.78 Å². The number of halogens is 1. The van der Waals surface area contributed by atoms with Crippen molar-refractivity contribution in [1.82, 2.24) is 4.90 Å². The van der Waals surface area contributed by atoms with Crippen LogP contribution < -0.4 is 0 Å². The van der Waals surface area contributed by atoms with Crippen LogP contribution in [0.5, 0.6) is 0 Å². The first-order valence-electron chi connectivity index (χ1n) is 12.0. The van der Waals surface area contributed by atoms with Crippen molar-refractivity contribution in [2.24, 2.45) is 5.41 Å². The van der Waals surface area contributed by atoms with Gasteiger partial charge in [0.15, 0.2) is 5.78 Å². The Kier molecular flexibility index (Phi) is 6.93. The minimum absolute atomic E-state index is 0.157. The molecule has 0 saturated carbocycles. The topological polar surface area (TPSA) is 20.3 Å². The van der Waals surface area contributed by atoms with Gasteiger partial charge in [0.25, 0.3) is 0 Å². The SMILES string of the molecule is CC(=O)c1ccc(C2CCN(CC3=C(c4ccc(Cl)cc4)CC(C)(C)CC3)CC2)cc1C. The number of carbonyl (C=O) groups excluding carboxylic acids is 1. The zero-order chi connectivity index (χ0) is 22.9. The van der Waals surface area contributed by atoms with Crippen LogP contribution in [0.25, 0.3) is 5.57 Å². The normalized spacial score (nSPS) is 19.9. The standard InChI is InChI=1S/C29H36ClNO/c1-20-17-24(7-10-27(20)21(2)32)22-12-15-31(16-13-22)19-25-11-14-29(3,4)18-28(25)23-5-8-26(30)9-6-23/h5-10,17,22H,11-16,18-19H2,1-4H3. The molecule has 0 spiro atoms. The highest BCUT2D eigenvalue weighted by Gasteiger charge is 2.29. The number of rotatable bonds is 5. The van der Waals surface area contributed by atoms with Crippen molar-refractivity contribution in [3.63, 3.8) is 0 Å². The van der Waals surface area contributed by atoms with Crippen molar-refractivity contribution in [2.45, 2.75) is 65.7 Å². The number of benzene rings is 2. The van der Waals surface area contributed by atoms with Gasteiger partial charge in [-0.25, -0.2) is 0 Å². The van der Waals surface area contributed by atoms with Gasteiger partial charge in [-0.05, 0) is 105 Å². The van der Waals surface area contributed by atoms with Crippen molar-refractivity contribution in [3.8, 4) is 0 Å². The summed E-state index contributed by atoms with van der Waals surface area (Å²) in [6.07, 6.45) is 5.97. The highest BCUT2D eigenvalue weighted by molar-refractivity contribution is 6.30. The Morgan fingerprint density at radius 3 is 2.41 bits per heavy atom. The lowest BCUT2D eigenvalue weighted by molar-refractivity contribution is 0.101. The van der Waals surface area contributed by atoms with Crippen molar-refractivity contribution in [1.29, 1.82) is 0 Å². The van der Waals surface area contributed by atoms with E-state index in [2.05, 4.69) is 49.9 Å². The van der Waals surface area contributed by atoms with E-state index in [4.69, 9.17) is 11.6 Å². The third kappa shape index (κ3) is 5.35. The molecule has 0 bridgehead atoms. The van der Waals surface area contributed by atoms with Gasteiger partial charge in [-0.15, -0.1) is 0 Å². The van der Waals surface area contributed by atoms with Gasteiger partial charge in [0.05, 0.1) is 0 Å². The molecule has 2 aromatic rings. The van der Waals surface area contributed by atoms with Crippen LogP contribution in [0.3, 0.4) is 0 Å². The Balaban J connectivity index is 1.46. The van der Waals surface area contributed by atoms with Crippen LogP contribution >= 0.6 is 11.6 Å². The summed E-state index contributed by atoms with van der Waals surface area (Å²) in [5, 5.41) is 0.805. The number of aryl methyl sites for hydroxylation is 1. The molecule has 1 aliphatic heterocycles. The molecule has 32 heavy (non-hydrogen) atoms. The first kappa shape index (κ1) is 23.3. The zero-order valence-corrected chi connectivity index (χ0v) is 20.8. The number of ketones is 1. The Morgan fingerprint density at radius 2 is 1.78 bits per heavy atom. The van der Waals surface area contributed by atoms with E-state index < -0.39 is 0 Å². The predicted octanol–water partition coefficient (Wildman–Crippen LogP) is 7.69.